The summed E-state index contributed by atoms with van der Waals surface area (Å²) in [4.78, 5) is 12.9. The molecule has 1 aromatic heterocycles. The highest BCUT2D eigenvalue weighted by molar-refractivity contribution is 7.99. The van der Waals surface area contributed by atoms with E-state index >= 15 is 0 Å². The Morgan fingerprint density at radius 2 is 2.20 bits per heavy atom. The number of thiophene rings is 1. The van der Waals surface area contributed by atoms with E-state index in [1.807, 2.05) is 11.4 Å². The van der Waals surface area contributed by atoms with Crippen molar-refractivity contribution in [3.63, 3.8) is 0 Å². The minimum Gasteiger partial charge on any atom is -0.359 e. The number of hydrazine groups is 1. The van der Waals surface area contributed by atoms with Crippen molar-refractivity contribution in [2.24, 2.45) is 0 Å². The molecule has 0 aromatic carbocycles. The van der Waals surface area contributed by atoms with Crippen LogP contribution in [0.1, 0.15) is 30.6 Å². The van der Waals surface area contributed by atoms with Gasteiger partial charge in [0, 0.05) is 16.7 Å². The lowest BCUT2D eigenvalue weighted by molar-refractivity contribution is -0.119. The van der Waals surface area contributed by atoms with Crippen LogP contribution in [0.15, 0.2) is 17.5 Å². The van der Waals surface area contributed by atoms with Crippen molar-refractivity contribution < 1.29 is 4.79 Å². The standard InChI is InChI=1S/C13H19N3OS3/c17-12(9-19-8-11-6-3-7-20-11)15-16-13(18)14-10-4-1-2-5-10/h3,6-7,10H,1-2,4-5,8-9H2,(H,15,17)(H2,14,16,18). The quantitative estimate of drug-likeness (QED) is 0.572. The minimum atomic E-state index is -0.0536. The van der Waals surface area contributed by atoms with Gasteiger partial charge in [-0.25, -0.2) is 0 Å². The lowest BCUT2D eigenvalue weighted by Crippen LogP contribution is -2.49. The summed E-state index contributed by atoms with van der Waals surface area (Å²) in [6.45, 7) is 0. The molecule has 0 unspecified atom stereocenters. The maximum absolute atomic E-state index is 11.6. The van der Waals surface area contributed by atoms with Crippen LogP contribution in [0.5, 0.6) is 0 Å². The second kappa shape index (κ2) is 8.49. The number of amides is 1. The number of nitrogens with one attached hydrogen (secondary N) is 3. The summed E-state index contributed by atoms with van der Waals surface area (Å²) in [6.07, 6.45) is 4.83. The van der Waals surface area contributed by atoms with E-state index in [1.165, 1.54) is 17.7 Å². The van der Waals surface area contributed by atoms with Gasteiger partial charge in [0.15, 0.2) is 5.11 Å². The Hall–Kier alpha value is -0.790. The van der Waals surface area contributed by atoms with Crippen LogP contribution in [0.3, 0.4) is 0 Å². The number of hydrogen-bond acceptors (Lipinski definition) is 4. The molecule has 1 aliphatic rings. The highest BCUT2D eigenvalue weighted by Gasteiger charge is 2.15. The van der Waals surface area contributed by atoms with Crippen LogP contribution < -0.4 is 16.2 Å². The van der Waals surface area contributed by atoms with Gasteiger partial charge in [-0.1, -0.05) is 18.9 Å². The summed E-state index contributed by atoms with van der Waals surface area (Å²) >= 11 is 8.45. The molecule has 0 spiro atoms. The third kappa shape index (κ3) is 5.68. The summed E-state index contributed by atoms with van der Waals surface area (Å²) in [5, 5.41) is 5.77. The summed E-state index contributed by atoms with van der Waals surface area (Å²) in [6, 6.07) is 4.56. The molecule has 1 amide bonds. The fourth-order valence-electron chi connectivity index (χ4n) is 2.09. The molecule has 3 N–H and O–H groups in total. The summed E-state index contributed by atoms with van der Waals surface area (Å²) in [5.74, 6) is 1.24. The molecule has 1 saturated carbocycles. The van der Waals surface area contributed by atoms with Gasteiger partial charge in [0.2, 0.25) is 5.91 Å². The van der Waals surface area contributed by atoms with Gasteiger partial charge in [-0.05, 0) is 36.5 Å². The van der Waals surface area contributed by atoms with Crippen LogP contribution >= 0.6 is 35.3 Å². The van der Waals surface area contributed by atoms with E-state index in [-0.39, 0.29) is 5.91 Å². The summed E-state index contributed by atoms with van der Waals surface area (Å²) in [5.41, 5.74) is 5.39. The van der Waals surface area contributed by atoms with Gasteiger partial charge in [0.1, 0.15) is 0 Å². The minimum absolute atomic E-state index is 0.0536. The van der Waals surface area contributed by atoms with E-state index in [1.54, 1.807) is 23.1 Å². The monoisotopic (exact) mass is 329 g/mol. The largest absolute Gasteiger partial charge is 0.359 e. The molecule has 1 aromatic rings. The first-order valence-electron chi connectivity index (χ1n) is 6.69. The first kappa shape index (κ1) is 15.6. The van der Waals surface area contributed by atoms with Gasteiger partial charge < -0.3 is 5.32 Å². The Kier molecular flexibility index (Phi) is 6.62. The normalized spacial score (nSPS) is 15.0. The average molecular weight is 330 g/mol. The molecule has 0 saturated heterocycles. The van der Waals surface area contributed by atoms with Crippen molar-refractivity contribution in [1.82, 2.24) is 16.2 Å². The van der Waals surface area contributed by atoms with Crippen LogP contribution in [0.4, 0.5) is 0 Å². The highest BCUT2D eigenvalue weighted by Crippen LogP contribution is 2.17. The van der Waals surface area contributed by atoms with Gasteiger partial charge in [-0.15, -0.1) is 23.1 Å². The smallest absolute Gasteiger partial charge is 0.248 e. The lowest BCUT2D eigenvalue weighted by Gasteiger charge is -2.15. The molecule has 1 fully saturated rings. The number of thioether (sulfide) groups is 1. The van der Waals surface area contributed by atoms with Crippen LogP contribution in [0.2, 0.25) is 0 Å². The Morgan fingerprint density at radius 3 is 2.90 bits per heavy atom. The molecular formula is C13H19N3OS3. The van der Waals surface area contributed by atoms with E-state index in [0.29, 0.717) is 16.9 Å². The van der Waals surface area contributed by atoms with Crippen LogP contribution in [0, 0.1) is 0 Å². The van der Waals surface area contributed by atoms with Gasteiger partial charge in [-0.2, -0.15) is 0 Å². The van der Waals surface area contributed by atoms with E-state index in [9.17, 15) is 4.79 Å². The first-order chi connectivity index (χ1) is 9.74. The average Bonchev–Trinajstić information content (AvgIpc) is 3.09. The molecule has 110 valence electrons. The second-order valence-electron chi connectivity index (χ2n) is 4.70. The molecule has 20 heavy (non-hydrogen) atoms. The zero-order valence-electron chi connectivity index (χ0n) is 11.2. The van der Waals surface area contributed by atoms with Gasteiger partial charge in [0.05, 0.1) is 5.75 Å². The number of thiocarbonyl (C=S) groups is 1. The zero-order valence-corrected chi connectivity index (χ0v) is 13.6. The molecular weight excluding hydrogens is 310 g/mol. The lowest BCUT2D eigenvalue weighted by atomic mass is 10.3. The molecule has 4 nitrogen and oxygen atoms in total. The first-order valence-corrected chi connectivity index (χ1v) is 9.14. The van der Waals surface area contributed by atoms with Crippen molar-refractivity contribution in [2.45, 2.75) is 37.5 Å². The Bertz CT molecular complexity index is 430. The summed E-state index contributed by atoms with van der Waals surface area (Å²) in [7, 11) is 0. The topological polar surface area (TPSA) is 53.2 Å². The number of rotatable bonds is 5. The van der Waals surface area contributed by atoms with E-state index < -0.39 is 0 Å². The molecule has 2 rings (SSSR count). The molecule has 1 aliphatic carbocycles. The number of carbonyl (C=O) groups is 1. The molecule has 0 aliphatic heterocycles. The van der Waals surface area contributed by atoms with E-state index in [0.717, 1.165) is 18.6 Å². The summed E-state index contributed by atoms with van der Waals surface area (Å²) < 4.78 is 0. The SMILES string of the molecule is O=C(CSCc1cccs1)NNC(=S)NC1CCCC1. The third-order valence-corrected chi connectivity index (χ3v) is 5.32. The van der Waals surface area contributed by atoms with Crippen LogP contribution in [0.25, 0.3) is 0 Å². The zero-order chi connectivity index (χ0) is 14.2. The van der Waals surface area contributed by atoms with Crippen molar-refractivity contribution in [3.8, 4) is 0 Å². The molecule has 0 atom stereocenters. The van der Waals surface area contributed by atoms with Crippen LogP contribution in [-0.4, -0.2) is 22.8 Å². The Labute approximate surface area is 133 Å². The van der Waals surface area contributed by atoms with Crippen molar-refractivity contribution >= 4 is 46.3 Å². The van der Waals surface area contributed by atoms with Crippen molar-refractivity contribution in [1.29, 1.82) is 0 Å². The maximum atomic E-state index is 11.6. The van der Waals surface area contributed by atoms with Crippen molar-refractivity contribution in [2.75, 3.05) is 5.75 Å². The number of carbonyl (C=O) groups excluding carboxylic acids is 1. The second-order valence-corrected chi connectivity index (χ2v) is 7.13. The number of hydrogen-bond donors (Lipinski definition) is 3. The fourth-order valence-corrected chi connectivity index (χ4v) is 3.98. The van der Waals surface area contributed by atoms with Gasteiger partial charge in [-0.3, -0.25) is 15.6 Å². The predicted molar refractivity (Wildman–Crippen MR) is 89.7 cm³/mol. The van der Waals surface area contributed by atoms with E-state index in [4.69, 9.17) is 12.2 Å². The molecule has 0 bridgehead atoms. The van der Waals surface area contributed by atoms with E-state index in [2.05, 4.69) is 22.2 Å². The fraction of sp³-hybridized carbons (Fsp3) is 0.538. The predicted octanol–water partition coefficient (Wildman–Crippen LogP) is 2.42. The molecule has 1 heterocycles. The molecule has 7 heteroatoms. The Balaban J connectivity index is 1.53. The van der Waals surface area contributed by atoms with Gasteiger partial charge in [0.25, 0.3) is 0 Å². The third-order valence-electron chi connectivity index (χ3n) is 3.06. The van der Waals surface area contributed by atoms with Gasteiger partial charge >= 0.3 is 0 Å². The maximum Gasteiger partial charge on any atom is 0.248 e. The highest BCUT2D eigenvalue weighted by atomic mass is 32.2. The van der Waals surface area contributed by atoms with Crippen LogP contribution in [-0.2, 0) is 10.5 Å². The molecule has 0 radical (unpaired) electrons. The Morgan fingerprint density at radius 1 is 1.40 bits per heavy atom. The van der Waals surface area contributed by atoms with Crippen molar-refractivity contribution in [3.05, 3.63) is 22.4 Å².